The molecule has 0 N–H and O–H groups in total. The largest absolute Gasteiger partial charge is 0.290 e. The lowest BCUT2D eigenvalue weighted by atomic mass is 9.84. The van der Waals surface area contributed by atoms with Crippen molar-refractivity contribution in [2.75, 3.05) is 0 Å². The second-order valence-electron chi connectivity index (χ2n) is 8.77. The van der Waals surface area contributed by atoms with Crippen LogP contribution in [0.1, 0.15) is 28.7 Å². The van der Waals surface area contributed by atoms with Crippen molar-refractivity contribution in [2.45, 2.75) is 38.1 Å². The van der Waals surface area contributed by atoms with Gasteiger partial charge in [0.05, 0.1) is 24.7 Å². The van der Waals surface area contributed by atoms with Gasteiger partial charge in [0, 0.05) is 6.42 Å². The van der Waals surface area contributed by atoms with Crippen molar-refractivity contribution >= 4 is 6.08 Å². The normalized spacial score (nSPS) is 20.8. The molecular formula is C28H27FN4O. The van der Waals surface area contributed by atoms with E-state index in [0.29, 0.717) is 19.5 Å². The summed E-state index contributed by atoms with van der Waals surface area (Å²) in [6, 6.07) is 25.4. The Kier molecular flexibility index (Phi) is 6.34. The van der Waals surface area contributed by atoms with E-state index >= 15 is 0 Å². The summed E-state index contributed by atoms with van der Waals surface area (Å²) >= 11 is 0. The molecule has 0 amide bonds. The maximum absolute atomic E-state index is 13.9. The number of rotatable bonds is 7. The summed E-state index contributed by atoms with van der Waals surface area (Å²) in [5, 5.41) is 6.41. The Bertz CT molecular complexity index is 1220. The van der Waals surface area contributed by atoms with Gasteiger partial charge in [-0.05, 0) is 35.7 Å². The van der Waals surface area contributed by atoms with Crippen LogP contribution in [0.15, 0.2) is 97.6 Å². The van der Waals surface area contributed by atoms with Crippen LogP contribution in [0, 0.1) is 12.7 Å². The minimum atomic E-state index is -0.558. The van der Waals surface area contributed by atoms with Gasteiger partial charge in [0.2, 0.25) is 0 Å². The minimum absolute atomic E-state index is 0.153. The van der Waals surface area contributed by atoms with Crippen LogP contribution in [0.4, 0.5) is 4.39 Å². The van der Waals surface area contributed by atoms with Gasteiger partial charge in [-0.25, -0.2) is 9.37 Å². The van der Waals surface area contributed by atoms with Crippen LogP contribution in [0.3, 0.4) is 0 Å². The fourth-order valence-corrected chi connectivity index (χ4v) is 4.51. The molecule has 1 fully saturated rings. The van der Waals surface area contributed by atoms with Crippen molar-refractivity contribution in [3.8, 4) is 0 Å². The first-order valence-corrected chi connectivity index (χ1v) is 11.4. The molecule has 2 unspecified atom stereocenters. The zero-order chi connectivity index (χ0) is 23.4. The first kappa shape index (κ1) is 22.2. The molecule has 2 heterocycles. The molecule has 0 saturated carbocycles. The number of halogens is 1. The van der Waals surface area contributed by atoms with Crippen molar-refractivity contribution in [1.82, 2.24) is 19.8 Å². The van der Waals surface area contributed by atoms with Gasteiger partial charge in [-0.3, -0.25) is 9.52 Å². The lowest BCUT2D eigenvalue weighted by molar-refractivity contribution is -0.193. The van der Waals surface area contributed by atoms with Gasteiger partial charge in [0.1, 0.15) is 18.5 Å². The van der Waals surface area contributed by atoms with Gasteiger partial charge in [-0.2, -0.15) is 10.2 Å². The van der Waals surface area contributed by atoms with Crippen molar-refractivity contribution in [2.24, 2.45) is 0 Å². The van der Waals surface area contributed by atoms with E-state index in [1.165, 1.54) is 24.0 Å². The Hall–Kier alpha value is -3.61. The Labute approximate surface area is 199 Å². The molecule has 3 aromatic carbocycles. The van der Waals surface area contributed by atoms with Gasteiger partial charge < -0.3 is 0 Å². The highest BCUT2D eigenvalue weighted by atomic mass is 19.1. The molecule has 1 aromatic heterocycles. The fourth-order valence-electron chi connectivity index (χ4n) is 4.51. The molecule has 1 aliphatic rings. The van der Waals surface area contributed by atoms with E-state index in [2.05, 4.69) is 65.6 Å². The molecule has 0 aliphatic carbocycles. The third-order valence-corrected chi connectivity index (χ3v) is 6.30. The molecule has 5 nitrogen and oxygen atoms in total. The molecular weight excluding hydrogens is 427 g/mol. The number of hydrogen-bond donors (Lipinski definition) is 0. The van der Waals surface area contributed by atoms with E-state index in [1.54, 1.807) is 6.33 Å². The summed E-state index contributed by atoms with van der Waals surface area (Å²) in [4.78, 5) is 10.7. The highest BCUT2D eigenvalue weighted by Crippen LogP contribution is 2.43. The zero-order valence-electron chi connectivity index (χ0n) is 19.1. The van der Waals surface area contributed by atoms with Gasteiger partial charge >= 0.3 is 0 Å². The monoisotopic (exact) mass is 454 g/mol. The van der Waals surface area contributed by atoms with Crippen LogP contribution in [-0.4, -0.2) is 25.9 Å². The number of nitrogens with zero attached hydrogens (tertiary/aromatic N) is 4. The van der Waals surface area contributed by atoms with E-state index in [4.69, 9.17) is 4.84 Å². The molecule has 0 spiro atoms. The molecule has 2 atom stereocenters. The first-order valence-electron chi connectivity index (χ1n) is 11.4. The highest BCUT2D eigenvalue weighted by Gasteiger charge is 2.48. The van der Waals surface area contributed by atoms with Gasteiger partial charge in [0.25, 0.3) is 0 Å². The summed E-state index contributed by atoms with van der Waals surface area (Å²) in [6.07, 6.45) is 7.97. The van der Waals surface area contributed by atoms with Gasteiger partial charge in [0.15, 0.2) is 0 Å². The Morgan fingerprint density at radius 3 is 2.50 bits per heavy atom. The predicted molar refractivity (Wildman–Crippen MR) is 130 cm³/mol. The maximum Gasteiger partial charge on any atom is 0.137 e. The maximum atomic E-state index is 13.9. The fraction of sp³-hybridized carbons (Fsp3) is 0.214. The van der Waals surface area contributed by atoms with Gasteiger partial charge in [-0.15, -0.1) is 0 Å². The number of aryl methyl sites for hydroxylation is 1. The van der Waals surface area contributed by atoms with Crippen LogP contribution in [0.5, 0.6) is 0 Å². The molecule has 5 rings (SSSR count). The van der Waals surface area contributed by atoms with Crippen molar-refractivity contribution in [3.05, 3.63) is 126 Å². The molecule has 172 valence electrons. The molecule has 0 bridgehead atoms. The lowest BCUT2D eigenvalue weighted by Gasteiger charge is -2.36. The Morgan fingerprint density at radius 2 is 1.79 bits per heavy atom. The van der Waals surface area contributed by atoms with Crippen LogP contribution >= 0.6 is 0 Å². The molecule has 34 heavy (non-hydrogen) atoms. The van der Waals surface area contributed by atoms with Crippen LogP contribution in [0.2, 0.25) is 0 Å². The zero-order valence-corrected chi connectivity index (χ0v) is 19.1. The summed E-state index contributed by atoms with van der Waals surface area (Å²) in [7, 11) is 0. The number of benzene rings is 3. The van der Waals surface area contributed by atoms with E-state index in [-0.39, 0.29) is 11.9 Å². The van der Waals surface area contributed by atoms with Gasteiger partial charge in [-0.1, -0.05) is 84.4 Å². The van der Waals surface area contributed by atoms with Crippen molar-refractivity contribution in [3.63, 3.8) is 0 Å². The summed E-state index contributed by atoms with van der Waals surface area (Å²) in [5.74, 6) is -0.260. The van der Waals surface area contributed by atoms with E-state index < -0.39 is 5.54 Å². The van der Waals surface area contributed by atoms with E-state index in [0.717, 1.165) is 16.7 Å². The minimum Gasteiger partial charge on any atom is -0.290 e. The van der Waals surface area contributed by atoms with Crippen molar-refractivity contribution < 1.29 is 9.23 Å². The van der Waals surface area contributed by atoms with Crippen molar-refractivity contribution in [1.29, 1.82) is 0 Å². The SMILES string of the molecule is Cc1ccc(CN2OC(C=Cc3ccccc3)CC2(Cn2cncn2)c2ccc(F)cc2)cc1. The van der Waals surface area contributed by atoms with E-state index in [1.807, 2.05) is 40.1 Å². The average Bonchev–Trinajstić information content (AvgIpc) is 3.49. The number of hydrogen-bond acceptors (Lipinski definition) is 4. The molecule has 0 radical (unpaired) electrons. The highest BCUT2D eigenvalue weighted by molar-refractivity contribution is 5.49. The van der Waals surface area contributed by atoms with Crippen LogP contribution in [-0.2, 0) is 23.5 Å². The van der Waals surface area contributed by atoms with Crippen LogP contribution in [0.25, 0.3) is 6.08 Å². The summed E-state index contributed by atoms with van der Waals surface area (Å²) in [5.41, 5.74) is 3.89. The number of hydroxylamine groups is 2. The molecule has 1 aliphatic heterocycles. The third-order valence-electron chi connectivity index (χ3n) is 6.30. The smallest absolute Gasteiger partial charge is 0.137 e. The summed E-state index contributed by atoms with van der Waals surface area (Å²) < 4.78 is 15.7. The predicted octanol–water partition coefficient (Wildman–Crippen LogP) is 5.54. The van der Waals surface area contributed by atoms with E-state index in [9.17, 15) is 4.39 Å². The topological polar surface area (TPSA) is 43.2 Å². The Balaban J connectivity index is 1.53. The Morgan fingerprint density at radius 1 is 1.03 bits per heavy atom. The second-order valence-corrected chi connectivity index (χ2v) is 8.77. The first-order chi connectivity index (χ1) is 16.6. The lowest BCUT2D eigenvalue weighted by Crippen LogP contribution is -2.43. The summed E-state index contributed by atoms with van der Waals surface area (Å²) in [6.45, 7) is 3.19. The molecule has 1 saturated heterocycles. The number of aromatic nitrogens is 3. The standard InChI is InChI=1S/C28H27FN4O/c1-22-7-9-24(10-8-22)18-33-28(19-32-21-30-20-31-32,25-12-14-26(29)15-13-25)17-27(34-33)16-11-23-5-3-2-4-6-23/h2-16,20-21,27H,17-19H2,1H3. The molecule has 6 heteroatoms. The third kappa shape index (κ3) is 4.83. The van der Waals surface area contributed by atoms with Crippen LogP contribution < -0.4 is 0 Å². The quantitative estimate of drug-likeness (QED) is 0.368. The average molecular weight is 455 g/mol. The second kappa shape index (κ2) is 9.71. The molecule has 4 aromatic rings.